The van der Waals surface area contributed by atoms with Crippen molar-refractivity contribution in [3.8, 4) is 5.88 Å². The number of alkyl halides is 1. The Morgan fingerprint density at radius 3 is 2.72 bits per heavy atom. The van der Waals surface area contributed by atoms with Gasteiger partial charge in [-0.3, -0.25) is 4.99 Å². The maximum atomic E-state index is 14.9. The molecular formula is C21H21F3N4O3S. The zero-order valence-electron chi connectivity index (χ0n) is 17.3. The molecule has 2 aliphatic heterocycles. The molecule has 7 nitrogen and oxygen atoms in total. The molecule has 32 heavy (non-hydrogen) atoms. The summed E-state index contributed by atoms with van der Waals surface area (Å²) >= 11 is 0. The van der Waals surface area contributed by atoms with Gasteiger partial charge in [-0.25, -0.2) is 31.6 Å². The second-order valence-corrected chi connectivity index (χ2v) is 10.5. The number of halogens is 3. The standard InChI is InChI=1S/C21H21F3N4O3S/c1-20(17-5-6-21(11-22,19(25)28-20)32(17,29)30)13-7-12(3-4-14(13)23)8-15(24)16-9-27-18(31-2)10-26-16/h3-4,7-10,17H,5-6,11H2,1-2H3,(H2,25,28)/b15-8-/t17-,20+,21-/m0/s1. The number of rotatable bonds is 5. The maximum absolute atomic E-state index is 14.9. The van der Waals surface area contributed by atoms with Crippen LogP contribution >= 0.6 is 0 Å². The monoisotopic (exact) mass is 466 g/mol. The molecule has 2 bridgehead atoms. The average molecular weight is 466 g/mol. The number of ether oxygens (including phenoxy) is 1. The maximum Gasteiger partial charge on any atom is 0.232 e. The highest BCUT2D eigenvalue weighted by Crippen LogP contribution is 2.51. The molecule has 1 aromatic carbocycles. The van der Waals surface area contributed by atoms with Crippen molar-refractivity contribution in [1.29, 1.82) is 0 Å². The molecule has 0 spiro atoms. The first kappa shape index (κ1) is 22.3. The molecule has 11 heteroatoms. The quantitative estimate of drug-likeness (QED) is 0.726. The molecule has 2 aromatic rings. The minimum absolute atomic E-state index is 0.0204. The molecule has 0 amide bonds. The van der Waals surface area contributed by atoms with E-state index in [0.717, 1.165) is 12.1 Å². The highest BCUT2D eigenvalue weighted by atomic mass is 32.2. The van der Waals surface area contributed by atoms with Crippen molar-refractivity contribution in [2.24, 2.45) is 10.7 Å². The van der Waals surface area contributed by atoms with Crippen molar-refractivity contribution >= 4 is 27.6 Å². The Morgan fingerprint density at radius 1 is 1.34 bits per heavy atom. The van der Waals surface area contributed by atoms with Crippen LogP contribution in [0.1, 0.15) is 36.6 Å². The van der Waals surface area contributed by atoms with Gasteiger partial charge in [0.25, 0.3) is 0 Å². The molecule has 4 rings (SSSR count). The Balaban J connectivity index is 1.79. The molecule has 1 aromatic heterocycles. The van der Waals surface area contributed by atoms with Gasteiger partial charge in [-0.15, -0.1) is 0 Å². The molecule has 0 unspecified atom stereocenters. The third kappa shape index (κ3) is 3.09. The Kier molecular flexibility index (Phi) is 5.27. The molecule has 170 valence electrons. The number of hydrogen-bond acceptors (Lipinski definition) is 7. The minimum atomic E-state index is -4.07. The fourth-order valence-corrected chi connectivity index (χ4v) is 7.09. The summed E-state index contributed by atoms with van der Waals surface area (Å²) in [5, 5.41) is -1.15. The minimum Gasteiger partial charge on any atom is -0.480 e. The summed E-state index contributed by atoms with van der Waals surface area (Å²) in [5.41, 5.74) is 4.48. The zero-order valence-corrected chi connectivity index (χ0v) is 18.2. The van der Waals surface area contributed by atoms with E-state index in [2.05, 4.69) is 15.0 Å². The smallest absolute Gasteiger partial charge is 0.232 e. The fraction of sp³-hybridized carbons (Fsp3) is 0.381. The normalized spacial score (nSPS) is 29.0. The van der Waals surface area contributed by atoms with Crippen LogP contribution in [0, 0.1) is 5.82 Å². The molecule has 0 aliphatic carbocycles. The number of sulfone groups is 1. The van der Waals surface area contributed by atoms with Crippen LogP contribution in [-0.2, 0) is 15.4 Å². The van der Waals surface area contributed by atoms with Crippen LogP contribution in [0.4, 0.5) is 13.2 Å². The van der Waals surface area contributed by atoms with E-state index in [-0.39, 0.29) is 41.4 Å². The van der Waals surface area contributed by atoms with Crippen molar-refractivity contribution in [3.63, 3.8) is 0 Å². The summed E-state index contributed by atoms with van der Waals surface area (Å²) in [6.45, 7) is 0.267. The molecule has 2 N–H and O–H groups in total. The van der Waals surface area contributed by atoms with Crippen molar-refractivity contribution in [2.75, 3.05) is 13.8 Å². The third-order valence-electron chi connectivity index (χ3n) is 6.30. The largest absolute Gasteiger partial charge is 0.480 e. The number of aromatic nitrogens is 2. The highest BCUT2D eigenvalue weighted by Gasteiger charge is 2.65. The van der Waals surface area contributed by atoms with Gasteiger partial charge in [0.1, 0.15) is 29.6 Å². The van der Waals surface area contributed by atoms with Crippen LogP contribution in [0.5, 0.6) is 5.88 Å². The van der Waals surface area contributed by atoms with Gasteiger partial charge in [0.2, 0.25) is 5.88 Å². The van der Waals surface area contributed by atoms with E-state index < -0.39 is 43.7 Å². The van der Waals surface area contributed by atoms with Crippen LogP contribution in [0.3, 0.4) is 0 Å². The van der Waals surface area contributed by atoms with E-state index in [1.54, 1.807) is 0 Å². The lowest BCUT2D eigenvalue weighted by molar-refractivity contribution is 0.395. The molecule has 0 radical (unpaired) electrons. The number of aliphatic imine (C=N–C) groups is 1. The van der Waals surface area contributed by atoms with Gasteiger partial charge in [-0.05, 0) is 43.5 Å². The van der Waals surface area contributed by atoms with Gasteiger partial charge in [0.05, 0.1) is 24.8 Å². The Labute approximate surface area is 183 Å². The van der Waals surface area contributed by atoms with Crippen molar-refractivity contribution in [1.82, 2.24) is 9.97 Å². The Hall–Kier alpha value is -2.95. The topological polar surface area (TPSA) is 108 Å². The van der Waals surface area contributed by atoms with Crippen LogP contribution in [0.25, 0.3) is 11.9 Å². The summed E-state index contributed by atoms with van der Waals surface area (Å²) in [4.78, 5) is 12.1. The summed E-state index contributed by atoms with van der Waals surface area (Å²) in [5.74, 6) is -1.61. The Morgan fingerprint density at radius 2 is 2.09 bits per heavy atom. The SMILES string of the molecule is COc1cnc(/C(F)=C/c2ccc(F)c([C@@]3(C)N=C(N)[C@@]4(CF)CC[C@@H]3S4(=O)=O)c2)cn1. The number of benzene rings is 1. The lowest BCUT2D eigenvalue weighted by atomic mass is 9.86. The fourth-order valence-electron chi connectivity index (χ4n) is 4.45. The Bertz CT molecular complexity index is 1230. The first-order chi connectivity index (χ1) is 15.1. The molecule has 0 saturated carbocycles. The number of fused-ring (bicyclic) bond motifs is 2. The first-order valence-corrected chi connectivity index (χ1v) is 11.3. The van der Waals surface area contributed by atoms with E-state index in [9.17, 15) is 21.6 Å². The molecule has 3 heterocycles. The van der Waals surface area contributed by atoms with Crippen molar-refractivity contribution in [3.05, 3.63) is 53.2 Å². The number of nitrogens with zero attached hydrogens (tertiary/aromatic N) is 3. The van der Waals surface area contributed by atoms with Gasteiger partial charge in [0, 0.05) is 5.56 Å². The molecule has 1 saturated heterocycles. The van der Waals surface area contributed by atoms with E-state index in [0.29, 0.717) is 0 Å². The van der Waals surface area contributed by atoms with E-state index >= 15 is 0 Å². The van der Waals surface area contributed by atoms with Gasteiger partial charge in [0.15, 0.2) is 20.4 Å². The highest BCUT2D eigenvalue weighted by molar-refractivity contribution is 7.94. The molecule has 1 fully saturated rings. The van der Waals surface area contributed by atoms with Crippen molar-refractivity contribution < 1.29 is 26.3 Å². The van der Waals surface area contributed by atoms with Crippen LogP contribution in [0.15, 0.2) is 35.6 Å². The van der Waals surface area contributed by atoms with Crippen LogP contribution in [-0.4, -0.2) is 48.0 Å². The number of amidine groups is 1. The summed E-state index contributed by atoms with van der Waals surface area (Å²) < 4.78 is 72.6. The van der Waals surface area contributed by atoms with Crippen molar-refractivity contribution in [2.45, 2.75) is 35.3 Å². The van der Waals surface area contributed by atoms with Gasteiger partial charge >= 0.3 is 0 Å². The molecule has 2 aliphatic rings. The second-order valence-electron chi connectivity index (χ2n) is 8.02. The van der Waals surface area contributed by atoms with Gasteiger partial charge < -0.3 is 10.5 Å². The average Bonchev–Trinajstić information content (AvgIpc) is 2.98. The molecular weight excluding hydrogens is 445 g/mol. The van der Waals surface area contributed by atoms with Crippen LogP contribution < -0.4 is 10.5 Å². The second kappa shape index (κ2) is 7.58. The lowest BCUT2D eigenvalue weighted by Gasteiger charge is -2.39. The summed E-state index contributed by atoms with van der Waals surface area (Å²) in [7, 11) is -2.66. The van der Waals surface area contributed by atoms with E-state index in [1.807, 2.05) is 0 Å². The summed E-state index contributed by atoms with van der Waals surface area (Å²) in [6, 6.07) is 3.76. The third-order valence-corrected chi connectivity index (χ3v) is 9.36. The van der Waals surface area contributed by atoms with Gasteiger partial charge in [-0.1, -0.05) is 6.07 Å². The number of methoxy groups -OCH3 is 1. The number of hydrogen-bond donors (Lipinski definition) is 1. The number of nitrogens with two attached hydrogens (primary N) is 1. The predicted octanol–water partition coefficient (Wildman–Crippen LogP) is 2.96. The zero-order chi connectivity index (χ0) is 23.3. The lowest BCUT2D eigenvalue weighted by Crippen LogP contribution is -2.58. The van der Waals surface area contributed by atoms with E-state index in [1.165, 1.54) is 38.6 Å². The van der Waals surface area contributed by atoms with Gasteiger partial charge in [-0.2, -0.15) is 0 Å². The van der Waals surface area contributed by atoms with Crippen LogP contribution in [0.2, 0.25) is 0 Å². The molecule has 3 atom stereocenters. The summed E-state index contributed by atoms with van der Waals surface area (Å²) in [6.07, 6.45) is 3.62. The van der Waals surface area contributed by atoms with E-state index in [4.69, 9.17) is 10.5 Å². The predicted molar refractivity (Wildman–Crippen MR) is 114 cm³/mol. The first-order valence-electron chi connectivity index (χ1n) is 9.78.